The first-order valence-corrected chi connectivity index (χ1v) is 7.90. The first-order chi connectivity index (χ1) is 12.1. The summed E-state index contributed by atoms with van der Waals surface area (Å²) >= 11 is 0. The molecule has 25 heavy (non-hydrogen) atoms. The standard InChI is InChI=1S/C18H15FN4O2/c19-17-13(5-3-8-20-17)21-16(25)10-11-15(24)7-9-23-14-6-2-1-4-12(14)22-18(11)23/h1-6,8,24H,7,9-10H2,(H,21,25). The predicted octanol–water partition coefficient (Wildman–Crippen LogP) is 3.27. The van der Waals surface area contributed by atoms with Gasteiger partial charge in [-0.05, 0) is 24.3 Å². The predicted molar refractivity (Wildman–Crippen MR) is 91.3 cm³/mol. The Morgan fingerprint density at radius 1 is 1.28 bits per heavy atom. The number of nitrogens with zero attached hydrogens (tertiary/aromatic N) is 3. The highest BCUT2D eigenvalue weighted by Crippen LogP contribution is 2.31. The number of para-hydroxylation sites is 2. The molecule has 2 aromatic heterocycles. The van der Waals surface area contributed by atoms with E-state index in [0.717, 1.165) is 11.0 Å². The zero-order valence-electron chi connectivity index (χ0n) is 13.2. The summed E-state index contributed by atoms with van der Waals surface area (Å²) in [6.07, 6.45) is 1.64. The van der Waals surface area contributed by atoms with Crippen LogP contribution in [0.3, 0.4) is 0 Å². The molecule has 3 aromatic rings. The molecule has 0 unspecified atom stereocenters. The number of fused-ring (bicyclic) bond motifs is 3. The Hall–Kier alpha value is -3.22. The molecule has 1 aromatic carbocycles. The average Bonchev–Trinajstić information content (AvgIpc) is 2.98. The van der Waals surface area contributed by atoms with Gasteiger partial charge in [-0.25, -0.2) is 9.97 Å². The van der Waals surface area contributed by atoms with Gasteiger partial charge in [0.25, 0.3) is 0 Å². The van der Waals surface area contributed by atoms with Crippen molar-refractivity contribution in [2.24, 2.45) is 0 Å². The molecule has 0 radical (unpaired) electrons. The number of aliphatic hydroxyl groups excluding tert-OH is 1. The van der Waals surface area contributed by atoms with Gasteiger partial charge in [-0.1, -0.05) is 12.1 Å². The number of imidazole rings is 1. The summed E-state index contributed by atoms with van der Waals surface area (Å²) in [5.41, 5.74) is 2.24. The van der Waals surface area contributed by atoms with Gasteiger partial charge < -0.3 is 15.0 Å². The number of amides is 1. The van der Waals surface area contributed by atoms with E-state index >= 15 is 0 Å². The van der Waals surface area contributed by atoms with Crippen molar-refractivity contribution in [2.45, 2.75) is 19.4 Å². The van der Waals surface area contributed by atoms with E-state index in [-0.39, 0.29) is 17.9 Å². The normalized spacial score (nSPS) is 13.8. The topological polar surface area (TPSA) is 80.0 Å². The minimum absolute atomic E-state index is 0.0110. The number of hydrogen-bond acceptors (Lipinski definition) is 4. The van der Waals surface area contributed by atoms with E-state index < -0.39 is 11.9 Å². The first-order valence-electron chi connectivity index (χ1n) is 7.90. The number of pyridine rings is 1. The molecule has 0 bridgehead atoms. The summed E-state index contributed by atoms with van der Waals surface area (Å²) in [7, 11) is 0. The number of aryl methyl sites for hydroxylation is 1. The zero-order chi connectivity index (χ0) is 17.4. The molecule has 0 saturated heterocycles. The van der Waals surface area contributed by atoms with Crippen LogP contribution in [0.4, 0.5) is 10.1 Å². The fourth-order valence-corrected chi connectivity index (χ4v) is 3.05. The molecule has 1 aliphatic heterocycles. The highest BCUT2D eigenvalue weighted by atomic mass is 19.1. The summed E-state index contributed by atoms with van der Waals surface area (Å²) in [6.45, 7) is 0.601. The van der Waals surface area contributed by atoms with Crippen molar-refractivity contribution in [1.29, 1.82) is 0 Å². The first kappa shape index (κ1) is 15.3. The van der Waals surface area contributed by atoms with Gasteiger partial charge in [-0.2, -0.15) is 4.39 Å². The molecular formula is C18H15FN4O2. The number of halogens is 1. The summed E-state index contributed by atoms with van der Waals surface area (Å²) in [4.78, 5) is 20.4. The van der Waals surface area contributed by atoms with E-state index in [1.807, 2.05) is 28.8 Å². The van der Waals surface area contributed by atoms with Crippen molar-refractivity contribution in [1.82, 2.24) is 14.5 Å². The third-order valence-electron chi connectivity index (χ3n) is 4.22. The van der Waals surface area contributed by atoms with E-state index in [1.165, 1.54) is 18.3 Å². The molecular weight excluding hydrogens is 323 g/mol. The largest absolute Gasteiger partial charge is 0.512 e. The fourth-order valence-electron chi connectivity index (χ4n) is 3.05. The number of carbonyl (C=O) groups excluding carboxylic acids is 1. The van der Waals surface area contributed by atoms with Gasteiger partial charge in [0.1, 0.15) is 11.6 Å². The van der Waals surface area contributed by atoms with Crippen molar-refractivity contribution in [2.75, 3.05) is 5.32 Å². The molecule has 0 fully saturated rings. The van der Waals surface area contributed by atoms with E-state index in [1.54, 1.807) is 0 Å². The Morgan fingerprint density at radius 3 is 2.96 bits per heavy atom. The lowest BCUT2D eigenvalue weighted by Gasteiger charge is -2.19. The molecule has 126 valence electrons. The van der Waals surface area contributed by atoms with E-state index in [4.69, 9.17) is 0 Å². The molecule has 0 aliphatic carbocycles. The number of benzene rings is 1. The molecule has 4 rings (SSSR count). The Morgan fingerprint density at radius 2 is 2.12 bits per heavy atom. The molecule has 1 amide bonds. The molecule has 0 saturated carbocycles. The Balaban J connectivity index is 1.64. The zero-order valence-corrected chi connectivity index (χ0v) is 13.2. The second-order valence-corrected chi connectivity index (χ2v) is 5.82. The van der Waals surface area contributed by atoms with Crippen LogP contribution in [-0.2, 0) is 11.3 Å². The van der Waals surface area contributed by atoms with Crippen LogP contribution >= 0.6 is 0 Å². The van der Waals surface area contributed by atoms with Crippen LogP contribution in [0.2, 0.25) is 0 Å². The molecule has 6 nitrogen and oxygen atoms in total. The van der Waals surface area contributed by atoms with Gasteiger partial charge in [0.2, 0.25) is 11.9 Å². The second kappa shape index (κ2) is 6.01. The lowest BCUT2D eigenvalue weighted by Crippen LogP contribution is -2.18. The van der Waals surface area contributed by atoms with Gasteiger partial charge in [0.05, 0.1) is 23.1 Å². The number of hydrogen-bond donors (Lipinski definition) is 2. The van der Waals surface area contributed by atoms with Gasteiger partial charge in [-0.3, -0.25) is 4.79 Å². The number of aliphatic hydroxyl groups is 1. The van der Waals surface area contributed by atoms with Gasteiger partial charge >= 0.3 is 0 Å². The van der Waals surface area contributed by atoms with Crippen LogP contribution in [-0.4, -0.2) is 25.5 Å². The number of aromatic nitrogens is 3. The number of rotatable bonds is 3. The highest BCUT2D eigenvalue weighted by molar-refractivity contribution is 5.98. The van der Waals surface area contributed by atoms with Gasteiger partial charge in [0, 0.05) is 24.7 Å². The summed E-state index contributed by atoms with van der Waals surface area (Å²) in [5, 5.41) is 12.8. The van der Waals surface area contributed by atoms with Crippen LogP contribution in [0, 0.1) is 5.95 Å². The van der Waals surface area contributed by atoms with Crippen LogP contribution in [0.25, 0.3) is 16.6 Å². The van der Waals surface area contributed by atoms with E-state index in [9.17, 15) is 14.3 Å². The van der Waals surface area contributed by atoms with Crippen molar-refractivity contribution >= 4 is 28.2 Å². The van der Waals surface area contributed by atoms with Crippen molar-refractivity contribution in [3.05, 3.63) is 60.1 Å². The molecule has 7 heteroatoms. The third kappa shape index (κ3) is 2.73. The van der Waals surface area contributed by atoms with Crippen LogP contribution < -0.4 is 5.32 Å². The number of allylic oxidation sites excluding steroid dienone is 1. The van der Waals surface area contributed by atoms with Crippen molar-refractivity contribution < 1.29 is 14.3 Å². The Labute approximate surface area is 142 Å². The molecule has 2 N–H and O–H groups in total. The van der Waals surface area contributed by atoms with Crippen molar-refractivity contribution in [3.8, 4) is 0 Å². The Bertz CT molecular complexity index is 1010. The van der Waals surface area contributed by atoms with Crippen molar-refractivity contribution in [3.63, 3.8) is 0 Å². The summed E-state index contributed by atoms with van der Waals surface area (Å²) in [6, 6.07) is 10.6. The summed E-state index contributed by atoms with van der Waals surface area (Å²) in [5.74, 6) is -0.463. The number of nitrogens with one attached hydrogen (secondary N) is 1. The van der Waals surface area contributed by atoms with Gasteiger partial charge in [-0.15, -0.1) is 0 Å². The number of anilines is 1. The Kier molecular flexibility index (Phi) is 3.68. The lowest BCUT2D eigenvalue weighted by atomic mass is 10.0. The maximum Gasteiger partial charge on any atom is 0.236 e. The minimum Gasteiger partial charge on any atom is -0.512 e. The molecule has 1 aliphatic rings. The highest BCUT2D eigenvalue weighted by Gasteiger charge is 2.24. The van der Waals surface area contributed by atoms with Crippen LogP contribution in [0.5, 0.6) is 0 Å². The van der Waals surface area contributed by atoms with Crippen LogP contribution in [0.15, 0.2) is 48.4 Å². The van der Waals surface area contributed by atoms with E-state index in [2.05, 4.69) is 15.3 Å². The van der Waals surface area contributed by atoms with Crippen LogP contribution in [0.1, 0.15) is 18.7 Å². The smallest absolute Gasteiger partial charge is 0.236 e. The number of carbonyl (C=O) groups is 1. The minimum atomic E-state index is -0.745. The molecule has 3 heterocycles. The second-order valence-electron chi connectivity index (χ2n) is 5.82. The van der Waals surface area contributed by atoms with Gasteiger partial charge in [0.15, 0.2) is 0 Å². The quantitative estimate of drug-likeness (QED) is 0.718. The molecule has 0 spiro atoms. The maximum absolute atomic E-state index is 13.6. The van der Waals surface area contributed by atoms with E-state index in [0.29, 0.717) is 24.4 Å². The maximum atomic E-state index is 13.6. The SMILES string of the molecule is O=C(CC1=C(O)CCn2c1nc1ccccc12)Nc1cccnc1F. The monoisotopic (exact) mass is 338 g/mol. The third-order valence-corrected chi connectivity index (χ3v) is 4.22. The average molecular weight is 338 g/mol. The summed E-state index contributed by atoms with van der Waals surface area (Å²) < 4.78 is 15.6. The fraction of sp³-hybridized carbons (Fsp3) is 0.167. The lowest BCUT2D eigenvalue weighted by molar-refractivity contribution is -0.115. The molecule has 0 atom stereocenters.